The minimum absolute atomic E-state index is 0.0962. The van der Waals surface area contributed by atoms with Crippen molar-refractivity contribution in [2.24, 2.45) is 0 Å². The van der Waals surface area contributed by atoms with Gasteiger partial charge in [0.1, 0.15) is 6.61 Å². The molecule has 116 valence electrons. The summed E-state index contributed by atoms with van der Waals surface area (Å²) in [4.78, 5) is 14.3. The van der Waals surface area contributed by atoms with Crippen LogP contribution in [0.1, 0.15) is 43.4 Å². The van der Waals surface area contributed by atoms with Crippen LogP contribution in [-0.4, -0.2) is 37.1 Å². The maximum Gasteiger partial charge on any atom is 0.310 e. The maximum absolute atomic E-state index is 12.0. The van der Waals surface area contributed by atoms with E-state index in [1.54, 1.807) is 0 Å². The third-order valence-corrected chi connectivity index (χ3v) is 4.39. The Kier molecular flexibility index (Phi) is 6.24. The number of hydrogen-bond donors (Lipinski definition) is 0. The van der Waals surface area contributed by atoms with Crippen molar-refractivity contribution in [2.75, 3.05) is 26.2 Å². The summed E-state index contributed by atoms with van der Waals surface area (Å²) in [6.07, 6.45) is 5.19. The fourth-order valence-electron chi connectivity index (χ4n) is 3.06. The number of esters is 1. The number of carbonyl (C=O) groups excluding carboxylic acids is 1. The van der Waals surface area contributed by atoms with E-state index in [9.17, 15) is 4.79 Å². The number of fused-ring (bicyclic) bond motifs is 1. The third kappa shape index (κ3) is 4.57. The van der Waals surface area contributed by atoms with E-state index in [4.69, 9.17) is 4.74 Å². The van der Waals surface area contributed by atoms with Crippen LogP contribution >= 0.6 is 0 Å². The van der Waals surface area contributed by atoms with E-state index in [0.29, 0.717) is 13.0 Å². The average molecular weight is 289 g/mol. The number of carbonyl (C=O) groups is 1. The highest BCUT2D eigenvalue weighted by Gasteiger charge is 2.15. The van der Waals surface area contributed by atoms with Gasteiger partial charge in [-0.1, -0.05) is 32.0 Å². The van der Waals surface area contributed by atoms with Gasteiger partial charge in [-0.25, -0.2) is 0 Å². The van der Waals surface area contributed by atoms with Gasteiger partial charge in [-0.15, -0.1) is 0 Å². The fraction of sp³-hybridized carbons (Fsp3) is 0.611. The smallest absolute Gasteiger partial charge is 0.310 e. The number of nitrogens with zero attached hydrogens (tertiary/aromatic N) is 1. The van der Waals surface area contributed by atoms with Gasteiger partial charge in [0.25, 0.3) is 0 Å². The van der Waals surface area contributed by atoms with Gasteiger partial charge in [0, 0.05) is 6.54 Å². The number of likely N-dealkylation sites (N-methyl/N-ethyl adjacent to an activating group) is 1. The molecule has 0 bridgehead atoms. The van der Waals surface area contributed by atoms with Gasteiger partial charge >= 0.3 is 5.97 Å². The molecule has 0 atom stereocenters. The molecule has 0 N–H and O–H groups in total. The first-order valence-corrected chi connectivity index (χ1v) is 8.22. The second-order valence-corrected chi connectivity index (χ2v) is 5.69. The summed E-state index contributed by atoms with van der Waals surface area (Å²) in [5.74, 6) is -0.0962. The Bertz CT molecular complexity index is 466. The van der Waals surface area contributed by atoms with Gasteiger partial charge in [-0.3, -0.25) is 4.79 Å². The number of benzene rings is 1. The Labute approximate surface area is 128 Å². The first-order chi connectivity index (χ1) is 10.2. The quantitative estimate of drug-likeness (QED) is 0.723. The summed E-state index contributed by atoms with van der Waals surface area (Å²) in [5.41, 5.74) is 3.99. The van der Waals surface area contributed by atoms with Crippen LogP contribution < -0.4 is 0 Å². The molecule has 0 aromatic heterocycles. The summed E-state index contributed by atoms with van der Waals surface area (Å²) in [7, 11) is 0. The van der Waals surface area contributed by atoms with Crippen molar-refractivity contribution >= 4 is 5.97 Å². The SMILES string of the molecule is CCN(CC)CCOC(=O)Cc1cccc2c1CCCC2. The van der Waals surface area contributed by atoms with Crippen LogP contribution in [0.15, 0.2) is 18.2 Å². The van der Waals surface area contributed by atoms with Crippen molar-refractivity contribution < 1.29 is 9.53 Å². The zero-order valence-corrected chi connectivity index (χ0v) is 13.4. The molecule has 0 heterocycles. The Morgan fingerprint density at radius 1 is 1.19 bits per heavy atom. The average Bonchev–Trinajstić information content (AvgIpc) is 2.52. The van der Waals surface area contributed by atoms with E-state index in [1.807, 2.05) is 0 Å². The Morgan fingerprint density at radius 3 is 2.71 bits per heavy atom. The lowest BCUT2D eigenvalue weighted by atomic mass is 9.87. The van der Waals surface area contributed by atoms with E-state index in [-0.39, 0.29) is 5.97 Å². The zero-order valence-electron chi connectivity index (χ0n) is 13.4. The van der Waals surface area contributed by atoms with Gasteiger partial charge in [-0.2, -0.15) is 0 Å². The fourth-order valence-corrected chi connectivity index (χ4v) is 3.06. The predicted molar refractivity (Wildman–Crippen MR) is 85.5 cm³/mol. The summed E-state index contributed by atoms with van der Waals surface area (Å²) in [6, 6.07) is 6.35. The van der Waals surface area contributed by atoms with E-state index in [0.717, 1.165) is 32.5 Å². The van der Waals surface area contributed by atoms with Crippen molar-refractivity contribution in [3.63, 3.8) is 0 Å². The standard InChI is InChI=1S/C18H27NO2/c1-3-19(4-2)12-13-21-18(20)14-16-10-7-9-15-8-5-6-11-17(15)16/h7,9-10H,3-6,8,11-14H2,1-2H3. The van der Waals surface area contributed by atoms with E-state index < -0.39 is 0 Å². The van der Waals surface area contributed by atoms with E-state index >= 15 is 0 Å². The molecular formula is C18H27NO2. The number of rotatable bonds is 7. The number of aryl methyl sites for hydroxylation is 1. The molecule has 0 radical (unpaired) electrons. The highest BCUT2D eigenvalue weighted by atomic mass is 16.5. The lowest BCUT2D eigenvalue weighted by Crippen LogP contribution is -2.28. The molecule has 0 fully saturated rings. The molecular weight excluding hydrogens is 262 g/mol. The molecule has 1 aromatic carbocycles. The second-order valence-electron chi connectivity index (χ2n) is 5.69. The van der Waals surface area contributed by atoms with Crippen molar-refractivity contribution in [2.45, 2.75) is 46.0 Å². The van der Waals surface area contributed by atoms with Crippen molar-refractivity contribution in [1.82, 2.24) is 4.90 Å². The van der Waals surface area contributed by atoms with Crippen LogP contribution in [0.25, 0.3) is 0 Å². The Morgan fingerprint density at radius 2 is 1.95 bits per heavy atom. The molecule has 0 spiro atoms. The minimum atomic E-state index is -0.0962. The molecule has 3 heteroatoms. The molecule has 0 saturated carbocycles. The second kappa shape index (κ2) is 8.18. The van der Waals surface area contributed by atoms with Crippen LogP contribution in [0, 0.1) is 0 Å². The maximum atomic E-state index is 12.0. The van der Waals surface area contributed by atoms with Gasteiger partial charge in [0.15, 0.2) is 0 Å². The molecule has 1 aliphatic rings. The van der Waals surface area contributed by atoms with E-state index in [2.05, 4.69) is 36.9 Å². The Balaban J connectivity index is 1.85. The highest BCUT2D eigenvalue weighted by Crippen LogP contribution is 2.24. The highest BCUT2D eigenvalue weighted by molar-refractivity contribution is 5.73. The van der Waals surface area contributed by atoms with Crippen LogP contribution in [0.2, 0.25) is 0 Å². The molecule has 2 rings (SSSR count). The van der Waals surface area contributed by atoms with Crippen LogP contribution in [0.3, 0.4) is 0 Å². The van der Waals surface area contributed by atoms with Crippen LogP contribution in [0.4, 0.5) is 0 Å². The van der Waals surface area contributed by atoms with Gasteiger partial charge < -0.3 is 9.64 Å². The van der Waals surface area contributed by atoms with Crippen molar-refractivity contribution in [3.8, 4) is 0 Å². The monoisotopic (exact) mass is 289 g/mol. The van der Waals surface area contributed by atoms with Gasteiger partial charge in [0.05, 0.1) is 6.42 Å². The molecule has 0 saturated heterocycles. The van der Waals surface area contributed by atoms with Crippen LogP contribution in [-0.2, 0) is 28.8 Å². The van der Waals surface area contributed by atoms with Crippen molar-refractivity contribution in [3.05, 3.63) is 34.9 Å². The molecule has 0 aliphatic heterocycles. The minimum Gasteiger partial charge on any atom is -0.464 e. The summed E-state index contributed by atoms with van der Waals surface area (Å²) in [5, 5.41) is 0. The van der Waals surface area contributed by atoms with Gasteiger partial charge in [-0.05, 0) is 55.5 Å². The first kappa shape index (κ1) is 16.0. The zero-order chi connectivity index (χ0) is 15.1. The molecule has 1 aliphatic carbocycles. The van der Waals surface area contributed by atoms with Gasteiger partial charge in [0.2, 0.25) is 0 Å². The molecule has 0 amide bonds. The first-order valence-electron chi connectivity index (χ1n) is 8.22. The normalized spacial score (nSPS) is 14.0. The molecule has 0 unspecified atom stereocenters. The molecule has 21 heavy (non-hydrogen) atoms. The number of hydrogen-bond acceptors (Lipinski definition) is 3. The van der Waals surface area contributed by atoms with Crippen molar-refractivity contribution in [1.29, 1.82) is 0 Å². The summed E-state index contributed by atoms with van der Waals surface area (Å²) >= 11 is 0. The topological polar surface area (TPSA) is 29.5 Å². The van der Waals surface area contributed by atoms with Crippen LogP contribution in [0.5, 0.6) is 0 Å². The number of ether oxygens (including phenoxy) is 1. The summed E-state index contributed by atoms with van der Waals surface area (Å²) in [6.45, 7) is 7.57. The lowest BCUT2D eigenvalue weighted by molar-refractivity contribution is -0.143. The van der Waals surface area contributed by atoms with E-state index in [1.165, 1.54) is 29.5 Å². The molecule has 1 aromatic rings. The largest absolute Gasteiger partial charge is 0.464 e. The predicted octanol–water partition coefficient (Wildman–Crippen LogP) is 2.99. The lowest BCUT2D eigenvalue weighted by Gasteiger charge is -2.20. The Hall–Kier alpha value is -1.35. The summed E-state index contributed by atoms with van der Waals surface area (Å²) < 4.78 is 5.39. The molecule has 3 nitrogen and oxygen atoms in total. The third-order valence-electron chi connectivity index (χ3n) is 4.39.